The molecule has 1 fully saturated rings. The highest BCUT2D eigenvalue weighted by atomic mass is 16.5. The molecule has 0 unspecified atom stereocenters. The maximum atomic E-state index is 12.8. The molecule has 0 bridgehead atoms. The molecule has 4 amide bonds. The monoisotopic (exact) mass is 388 g/mol. The summed E-state index contributed by atoms with van der Waals surface area (Å²) in [5.41, 5.74) is 7.17. The van der Waals surface area contributed by atoms with E-state index in [0.717, 1.165) is 16.9 Å². The van der Waals surface area contributed by atoms with Gasteiger partial charge < -0.3 is 14.9 Å². The number of hydrogen-bond acceptors (Lipinski definition) is 7. The van der Waals surface area contributed by atoms with Crippen molar-refractivity contribution in [1.82, 2.24) is 21.1 Å². The zero-order valence-corrected chi connectivity index (χ0v) is 16.1. The highest BCUT2D eigenvalue weighted by Crippen LogP contribution is 2.33. The minimum atomic E-state index is -1.10. The van der Waals surface area contributed by atoms with Crippen LogP contribution >= 0.6 is 0 Å². The number of nitrogens with zero attached hydrogens (tertiary/aromatic N) is 1. The molecule has 2 aliphatic rings. The van der Waals surface area contributed by atoms with Crippen LogP contribution in [-0.2, 0) is 9.59 Å². The lowest BCUT2D eigenvalue weighted by Crippen LogP contribution is -2.59. The number of carbonyl (C=O) groups is 3. The van der Waals surface area contributed by atoms with Gasteiger partial charge in [0, 0.05) is 23.9 Å². The highest BCUT2D eigenvalue weighted by Gasteiger charge is 2.43. The van der Waals surface area contributed by atoms with E-state index in [-0.39, 0.29) is 12.6 Å². The molecule has 0 saturated carbocycles. The molecular weight excluding hydrogens is 364 g/mol. The van der Waals surface area contributed by atoms with Crippen molar-refractivity contribution in [3.05, 3.63) is 35.5 Å². The standard InChI is InChI=1S/C19H24N4O5/c1-4-5-8-23-18(25)16(17(24)20-19(23)26)14-10-13(21-22-14)12-7-6-11(27-2)9-15(12)28-3/h6-7,9-10,13,16,21-22H,4-5,8H2,1-3H3,(H,20,24,26)/t13-,16+/m0/s1. The van der Waals surface area contributed by atoms with Crippen molar-refractivity contribution in [3.63, 3.8) is 0 Å². The van der Waals surface area contributed by atoms with Crippen LogP contribution < -0.4 is 25.6 Å². The average Bonchev–Trinajstić information content (AvgIpc) is 3.16. The van der Waals surface area contributed by atoms with Crippen LogP contribution in [0.5, 0.6) is 11.5 Å². The van der Waals surface area contributed by atoms with Crippen LogP contribution in [-0.4, -0.2) is 43.5 Å². The fourth-order valence-electron chi connectivity index (χ4n) is 3.25. The fourth-order valence-corrected chi connectivity index (χ4v) is 3.25. The average molecular weight is 388 g/mol. The zero-order valence-electron chi connectivity index (χ0n) is 16.1. The number of amides is 4. The first-order valence-corrected chi connectivity index (χ1v) is 9.11. The van der Waals surface area contributed by atoms with Gasteiger partial charge in [0.25, 0.3) is 0 Å². The summed E-state index contributed by atoms with van der Waals surface area (Å²) in [5.74, 6) is -0.995. The van der Waals surface area contributed by atoms with E-state index < -0.39 is 23.8 Å². The molecule has 0 radical (unpaired) electrons. The van der Waals surface area contributed by atoms with Crippen molar-refractivity contribution in [2.45, 2.75) is 25.8 Å². The van der Waals surface area contributed by atoms with E-state index >= 15 is 0 Å². The second-order valence-electron chi connectivity index (χ2n) is 6.55. The maximum Gasteiger partial charge on any atom is 0.330 e. The summed E-state index contributed by atoms with van der Waals surface area (Å²) in [6.45, 7) is 2.24. The predicted octanol–water partition coefficient (Wildman–Crippen LogP) is 1.23. The Balaban J connectivity index is 1.85. The Kier molecular flexibility index (Phi) is 5.84. The lowest BCUT2D eigenvalue weighted by atomic mass is 9.98. The van der Waals surface area contributed by atoms with Crippen molar-refractivity contribution in [1.29, 1.82) is 0 Å². The zero-order chi connectivity index (χ0) is 20.3. The van der Waals surface area contributed by atoms with Gasteiger partial charge in [0.1, 0.15) is 11.5 Å². The normalized spacial score (nSPS) is 21.9. The Morgan fingerprint density at radius 1 is 1.14 bits per heavy atom. The van der Waals surface area contributed by atoms with Crippen LogP contribution in [0.15, 0.2) is 30.0 Å². The molecule has 2 aliphatic heterocycles. The van der Waals surface area contributed by atoms with Crippen molar-refractivity contribution in [3.8, 4) is 11.5 Å². The number of rotatable bonds is 7. The fraction of sp³-hybridized carbons (Fsp3) is 0.421. The van der Waals surface area contributed by atoms with Crippen LogP contribution in [0.3, 0.4) is 0 Å². The third-order valence-electron chi connectivity index (χ3n) is 4.79. The maximum absolute atomic E-state index is 12.8. The number of ether oxygens (including phenoxy) is 2. The van der Waals surface area contributed by atoms with Gasteiger partial charge in [0.15, 0.2) is 5.92 Å². The van der Waals surface area contributed by atoms with E-state index in [1.54, 1.807) is 32.4 Å². The minimum Gasteiger partial charge on any atom is -0.497 e. The molecule has 2 atom stereocenters. The van der Waals surface area contributed by atoms with Gasteiger partial charge in [0.2, 0.25) is 11.8 Å². The van der Waals surface area contributed by atoms with E-state index in [1.807, 2.05) is 13.0 Å². The molecule has 1 aromatic rings. The Morgan fingerprint density at radius 2 is 1.93 bits per heavy atom. The first kappa shape index (κ1) is 19.7. The van der Waals surface area contributed by atoms with Crippen LogP contribution in [0.2, 0.25) is 0 Å². The third-order valence-corrected chi connectivity index (χ3v) is 4.79. The van der Waals surface area contributed by atoms with Gasteiger partial charge in [-0.3, -0.25) is 19.8 Å². The smallest absolute Gasteiger partial charge is 0.330 e. The topological polar surface area (TPSA) is 109 Å². The molecule has 1 aromatic carbocycles. The molecule has 0 aromatic heterocycles. The molecule has 28 heavy (non-hydrogen) atoms. The summed E-state index contributed by atoms with van der Waals surface area (Å²) < 4.78 is 10.6. The van der Waals surface area contributed by atoms with E-state index in [9.17, 15) is 14.4 Å². The first-order chi connectivity index (χ1) is 13.5. The number of unbranched alkanes of at least 4 members (excludes halogenated alkanes) is 1. The Bertz CT molecular complexity index is 823. The second kappa shape index (κ2) is 8.30. The second-order valence-corrected chi connectivity index (χ2v) is 6.55. The number of nitrogens with one attached hydrogen (secondary N) is 3. The molecule has 3 rings (SSSR count). The van der Waals surface area contributed by atoms with E-state index in [1.165, 1.54) is 0 Å². The van der Waals surface area contributed by atoms with E-state index in [2.05, 4.69) is 16.2 Å². The first-order valence-electron chi connectivity index (χ1n) is 9.11. The lowest BCUT2D eigenvalue weighted by Gasteiger charge is -2.30. The third kappa shape index (κ3) is 3.65. The number of imide groups is 2. The van der Waals surface area contributed by atoms with Gasteiger partial charge in [-0.15, -0.1) is 0 Å². The Labute approximate surface area is 163 Å². The van der Waals surface area contributed by atoms with Gasteiger partial charge in [-0.2, -0.15) is 0 Å². The van der Waals surface area contributed by atoms with Gasteiger partial charge in [-0.1, -0.05) is 13.3 Å². The van der Waals surface area contributed by atoms with Crippen LogP contribution in [0.1, 0.15) is 31.4 Å². The molecule has 1 saturated heterocycles. The summed E-state index contributed by atoms with van der Waals surface area (Å²) in [5, 5.41) is 2.27. The molecule has 150 valence electrons. The molecule has 0 aliphatic carbocycles. The van der Waals surface area contributed by atoms with Crippen LogP contribution in [0, 0.1) is 5.92 Å². The van der Waals surface area contributed by atoms with Crippen LogP contribution in [0.4, 0.5) is 4.79 Å². The number of barbiturate groups is 1. The summed E-state index contributed by atoms with van der Waals surface area (Å²) in [6.07, 6.45) is 3.26. The number of carbonyl (C=O) groups excluding carboxylic acids is 3. The summed E-state index contributed by atoms with van der Waals surface area (Å²) >= 11 is 0. The Morgan fingerprint density at radius 3 is 2.61 bits per heavy atom. The van der Waals surface area contributed by atoms with Crippen molar-refractivity contribution >= 4 is 17.8 Å². The largest absolute Gasteiger partial charge is 0.497 e. The quantitative estimate of drug-likeness (QED) is 0.603. The van der Waals surface area contributed by atoms with Crippen molar-refractivity contribution in [2.75, 3.05) is 20.8 Å². The van der Waals surface area contributed by atoms with E-state index in [0.29, 0.717) is 23.6 Å². The highest BCUT2D eigenvalue weighted by molar-refractivity contribution is 6.17. The number of methoxy groups -OCH3 is 2. The number of hydrazine groups is 1. The molecule has 3 N–H and O–H groups in total. The van der Waals surface area contributed by atoms with Crippen molar-refractivity contribution < 1.29 is 23.9 Å². The summed E-state index contributed by atoms with van der Waals surface area (Å²) in [7, 11) is 3.13. The Hall–Kier alpha value is -3.07. The summed E-state index contributed by atoms with van der Waals surface area (Å²) in [6, 6.07) is 4.41. The lowest BCUT2D eigenvalue weighted by molar-refractivity contribution is -0.141. The van der Waals surface area contributed by atoms with Crippen molar-refractivity contribution in [2.24, 2.45) is 5.92 Å². The van der Waals surface area contributed by atoms with Gasteiger partial charge in [-0.25, -0.2) is 10.2 Å². The van der Waals surface area contributed by atoms with E-state index in [4.69, 9.17) is 9.47 Å². The number of benzene rings is 1. The van der Waals surface area contributed by atoms with Gasteiger partial charge >= 0.3 is 6.03 Å². The van der Waals surface area contributed by atoms with Crippen LogP contribution in [0.25, 0.3) is 0 Å². The SMILES string of the molecule is CCCCN1C(=O)NC(=O)[C@@H](C2=C[C@@H](c3ccc(OC)cc3OC)NN2)C1=O. The summed E-state index contributed by atoms with van der Waals surface area (Å²) in [4.78, 5) is 38.2. The molecule has 2 heterocycles. The molecule has 0 spiro atoms. The molecule has 9 nitrogen and oxygen atoms in total. The number of urea groups is 1. The van der Waals surface area contributed by atoms with Gasteiger partial charge in [-0.05, 0) is 24.6 Å². The minimum absolute atomic E-state index is 0.279. The van der Waals surface area contributed by atoms with Gasteiger partial charge in [0.05, 0.1) is 20.3 Å². The molecule has 9 heteroatoms. The number of hydrogen-bond donors (Lipinski definition) is 3. The predicted molar refractivity (Wildman–Crippen MR) is 100 cm³/mol. The molecular formula is C19H24N4O5.